The summed E-state index contributed by atoms with van der Waals surface area (Å²) in [7, 11) is -1.42. The number of nitrogens with zero attached hydrogens (tertiary/aromatic N) is 1. The van der Waals surface area contributed by atoms with E-state index in [9.17, 15) is 18.0 Å². The zero-order valence-corrected chi connectivity index (χ0v) is 14.9. The van der Waals surface area contributed by atoms with E-state index in [0.717, 1.165) is 0 Å². The fourth-order valence-corrected chi connectivity index (χ4v) is 4.37. The van der Waals surface area contributed by atoms with Gasteiger partial charge in [-0.15, -0.1) is 0 Å². The molecule has 1 heterocycles. The summed E-state index contributed by atoms with van der Waals surface area (Å²) < 4.78 is 23.1. The van der Waals surface area contributed by atoms with E-state index in [-0.39, 0.29) is 41.2 Å². The Balaban J connectivity index is 2.74. The fourth-order valence-electron chi connectivity index (χ4n) is 2.60. The van der Waals surface area contributed by atoms with E-state index in [1.807, 2.05) is 27.7 Å². The Morgan fingerprint density at radius 1 is 1.23 bits per heavy atom. The molecule has 0 spiro atoms. The van der Waals surface area contributed by atoms with Crippen LogP contribution >= 0.6 is 0 Å². The molecule has 22 heavy (non-hydrogen) atoms. The molecule has 1 aliphatic heterocycles. The molecular weight excluding hydrogens is 304 g/mol. The molecular formula is C15H28N2O4S. The lowest BCUT2D eigenvalue weighted by Crippen LogP contribution is -2.53. The molecule has 7 heteroatoms. The molecule has 0 radical (unpaired) electrons. The first-order chi connectivity index (χ1) is 10.0. The highest BCUT2D eigenvalue weighted by molar-refractivity contribution is 7.91. The van der Waals surface area contributed by atoms with Gasteiger partial charge in [0.1, 0.15) is 6.04 Å². The molecule has 0 saturated carbocycles. The third-order valence-electron chi connectivity index (χ3n) is 3.95. The topological polar surface area (TPSA) is 83.6 Å². The van der Waals surface area contributed by atoms with Gasteiger partial charge in [-0.1, -0.05) is 27.7 Å². The average Bonchev–Trinajstić information content (AvgIpc) is 2.73. The van der Waals surface area contributed by atoms with Crippen molar-refractivity contribution in [2.24, 2.45) is 11.8 Å². The summed E-state index contributed by atoms with van der Waals surface area (Å²) in [4.78, 5) is 26.1. The molecule has 2 atom stereocenters. The van der Waals surface area contributed by atoms with Gasteiger partial charge in [0.15, 0.2) is 9.84 Å². The Labute approximate surface area is 133 Å². The van der Waals surface area contributed by atoms with Crippen molar-refractivity contribution in [1.82, 2.24) is 10.2 Å². The molecule has 1 aliphatic rings. The highest BCUT2D eigenvalue weighted by Crippen LogP contribution is 2.18. The molecule has 1 rings (SSSR count). The molecule has 6 nitrogen and oxygen atoms in total. The molecule has 128 valence electrons. The number of amides is 2. The maximum atomic E-state index is 12.6. The molecule has 1 N–H and O–H groups in total. The Kier molecular flexibility index (Phi) is 6.40. The molecule has 0 aromatic rings. The lowest BCUT2D eigenvalue weighted by molar-refractivity contribution is -0.138. The summed E-state index contributed by atoms with van der Waals surface area (Å²) in [5, 5.41) is 2.79. The monoisotopic (exact) mass is 332 g/mol. The van der Waals surface area contributed by atoms with E-state index in [1.54, 1.807) is 7.05 Å². The first kappa shape index (κ1) is 18.9. The number of carbonyl (C=O) groups is 2. The molecule has 1 saturated heterocycles. The first-order valence-corrected chi connectivity index (χ1v) is 9.62. The number of hydrogen-bond donors (Lipinski definition) is 1. The Morgan fingerprint density at radius 2 is 1.82 bits per heavy atom. The largest absolute Gasteiger partial charge is 0.344 e. The third-order valence-corrected chi connectivity index (χ3v) is 5.70. The fraction of sp³-hybridized carbons (Fsp3) is 0.867. The van der Waals surface area contributed by atoms with Gasteiger partial charge in [0, 0.05) is 19.5 Å². The molecule has 0 aromatic carbocycles. The van der Waals surface area contributed by atoms with Crippen molar-refractivity contribution < 1.29 is 18.0 Å². The van der Waals surface area contributed by atoms with Gasteiger partial charge >= 0.3 is 0 Å². The van der Waals surface area contributed by atoms with E-state index in [1.165, 1.54) is 4.90 Å². The van der Waals surface area contributed by atoms with Crippen LogP contribution in [0.1, 0.15) is 40.5 Å². The summed E-state index contributed by atoms with van der Waals surface area (Å²) in [6.45, 7) is 7.64. The summed E-state index contributed by atoms with van der Waals surface area (Å²) >= 11 is 0. The predicted molar refractivity (Wildman–Crippen MR) is 86.1 cm³/mol. The minimum absolute atomic E-state index is 0.0139. The second-order valence-corrected chi connectivity index (χ2v) is 9.12. The van der Waals surface area contributed by atoms with E-state index in [2.05, 4.69) is 5.32 Å². The van der Waals surface area contributed by atoms with E-state index >= 15 is 0 Å². The lowest BCUT2D eigenvalue weighted by Gasteiger charge is -2.30. The smallest absolute Gasteiger partial charge is 0.245 e. The molecule has 0 aliphatic carbocycles. The number of rotatable bonds is 6. The highest BCUT2D eigenvalue weighted by atomic mass is 32.2. The van der Waals surface area contributed by atoms with Crippen LogP contribution in [0.3, 0.4) is 0 Å². The van der Waals surface area contributed by atoms with Crippen LogP contribution < -0.4 is 5.32 Å². The summed E-state index contributed by atoms with van der Waals surface area (Å²) in [6.07, 6.45) is 0.841. The summed E-state index contributed by atoms with van der Waals surface area (Å²) in [5.41, 5.74) is 0. The number of likely N-dealkylation sites (N-methyl/N-ethyl adjacent to an activating group) is 1. The number of sulfone groups is 1. The van der Waals surface area contributed by atoms with Crippen LogP contribution in [-0.2, 0) is 19.4 Å². The van der Waals surface area contributed by atoms with Crippen LogP contribution in [0, 0.1) is 11.8 Å². The normalized spacial score (nSPS) is 21.9. The van der Waals surface area contributed by atoms with Gasteiger partial charge in [0.25, 0.3) is 0 Å². The van der Waals surface area contributed by atoms with Gasteiger partial charge in [-0.25, -0.2) is 8.42 Å². The van der Waals surface area contributed by atoms with Crippen molar-refractivity contribution in [3.8, 4) is 0 Å². The average molecular weight is 332 g/mol. The minimum atomic E-state index is -3.04. The van der Waals surface area contributed by atoms with Crippen LogP contribution in [0.15, 0.2) is 0 Å². The standard InChI is InChI=1S/C15H28N2O4S/c1-10(2)8-13(18)16-14(11(3)4)15(19)17(5)12-6-7-22(20,21)9-12/h10-12,14H,6-9H2,1-5H3,(H,16,18). The van der Waals surface area contributed by atoms with Gasteiger partial charge in [0.2, 0.25) is 11.8 Å². The maximum absolute atomic E-state index is 12.6. The lowest BCUT2D eigenvalue weighted by atomic mass is 10.0. The molecule has 2 amide bonds. The van der Waals surface area contributed by atoms with E-state index < -0.39 is 15.9 Å². The molecule has 2 unspecified atom stereocenters. The van der Waals surface area contributed by atoms with Crippen molar-refractivity contribution in [2.75, 3.05) is 18.6 Å². The second-order valence-electron chi connectivity index (χ2n) is 6.89. The molecule has 0 bridgehead atoms. The Morgan fingerprint density at radius 3 is 2.23 bits per heavy atom. The van der Waals surface area contributed by atoms with E-state index in [4.69, 9.17) is 0 Å². The zero-order chi connectivity index (χ0) is 17.1. The van der Waals surface area contributed by atoms with Crippen LogP contribution in [0.5, 0.6) is 0 Å². The molecule has 0 aromatic heterocycles. The first-order valence-electron chi connectivity index (χ1n) is 7.80. The van der Waals surface area contributed by atoms with Crippen molar-refractivity contribution in [3.63, 3.8) is 0 Å². The van der Waals surface area contributed by atoms with Crippen LogP contribution in [-0.4, -0.2) is 55.8 Å². The van der Waals surface area contributed by atoms with Gasteiger partial charge in [-0.05, 0) is 18.3 Å². The van der Waals surface area contributed by atoms with Crippen molar-refractivity contribution >= 4 is 21.7 Å². The Hall–Kier alpha value is -1.11. The van der Waals surface area contributed by atoms with Crippen molar-refractivity contribution in [2.45, 2.75) is 52.6 Å². The highest BCUT2D eigenvalue weighted by Gasteiger charge is 2.36. The van der Waals surface area contributed by atoms with Gasteiger partial charge in [0.05, 0.1) is 11.5 Å². The number of carbonyl (C=O) groups excluding carboxylic acids is 2. The maximum Gasteiger partial charge on any atom is 0.245 e. The third kappa shape index (κ3) is 5.26. The predicted octanol–water partition coefficient (Wildman–Crippen LogP) is 0.819. The van der Waals surface area contributed by atoms with Crippen LogP contribution in [0.25, 0.3) is 0 Å². The molecule has 1 fully saturated rings. The van der Waals surface area contributed by atoms with Crippen LogP contribution in [0.2, 0.25) is 0 Å². The summed E-state index contributed by atoms with van der Waals surface area (Å²) in [5.74, 6) is -0.0465. The van der Waals surface area contributed by atoms with Crippen LogP contribution in [0.4, 0.5) is 0 Å². The minimum Gasteiger partial charge on any atom is -0.344 e. The van der Waals surface area contributed by atoms with Gasteiger partial charge in [-0.2, -0.15) is 0 Å². The van der Waals surface area contributed by atoms with E-state index in [0.29, 0.717) is 12.8 Å². The van der Waals surface area contributed by atoms with Gasteiger partial charge < -0.3 is 10.2 Å². The number of nitrogens with one attached hydrogen (secondary N) is 1. The van der Waals surface area contributed by atoms with Crippen molar-refractivity contribution in [3.05, 3.63) is 0 Å². The second kappa shape index (κ2) is 7.44. The van der Waals surface area contributed by atoms with Crippen molar-refractivity contribution in [1.29, 1.82) is 0 Å². The zero-order valence-electron chi connectivity index (χ0n) is 14.1. The van der Waals surface area contributed by atoms with Gasteiger partial charge in [-0.3, -0.25) is 9.59 Å². The Bertz CT molecular complexity index is 514. The summed E-state index contributed by atoms with van der Waals surface area (Å²) in [6, 6.07) is -0.902. The SMILES string of the molecule is CC(C)CC(=O)NC(C(=O)N(C)C1CCS(=O)(=O)C1)C(C)C. The quantitative estimate of drug-likeness (QED) is 0.780. The number of hydrogen-bond acceptors (Lipinski definition) is 4.